The number of fused-ring (bicyclic) bond motifs is 1. The molecule has 0 spiro atoms. The summed E-state index contributed by atoms with van der Waals surface area (Å²) in [7, 11) is 1.58. The Labute approximate surface area is 151 Å². The minimum Gasteiger partial charge on any atom is -0.497 e. The van der Waals surface area contributed by atoms with E-state index in [-0.39, 0.29) is 0 Å². The molecular weight excluding hydrogens is 342 g/mol. The van der Waals surface area contributed by atoms with E-state index in [2.05, 4.69) is 4.98 Å². The molecule has 3 rings (SSSR count). The van der Waals surface area contributed by atoms with Gasteiger partial charge in [-0.05, 0) is 32.0 Å². The molecule has 2 aromatic rings. The maximum absolute atomic E-state index is 11.8. The lowest BCUT2D eigenvalue weighted by atomic mass is 9.86. The summed E-state index contributed by atoms with van der Waals surface area (Å²) in [5, 5.41) is 0.454. The fraction of sp³-hybridized carbons (Fsp3) is 0.263. The van der Waals surface area contributed by atoms with Gasteiger partial charge in [-0.2, -0.15) is 0 Å². The lowest BCUT2D eigenvalue weighted by Crippen LogP contribution is -2.34. The maximum atomic E-state index is 11.8. The van der Waals surface area contributed by atoms with E-state index in [9.17, 15) is 4.79 Å². The highest BCUT2D eigenvalue weighted by atomic mass is 35.5. The maximum Gasteiger partial charge on any atom is 0.308 e. The van der Waals surface area contributed by atoms with E-state index >= 15 is 0 Å². The number of carbonyl (C=O) groups is 1. The first kappa shape index (κ1) is 17.3. The number of aromatic nitrogens is 1. The molecule has 2 heterocycles. The third-order valence-electron chi connectivity index (χ3n) is 3.92. The molecule has 1 aromatic carbocycles. The highest BCUT2D eigenvalue weighted by Crippen LogP contribution is 2.48. The molecule has 1 aromatic heterocycles. The first-order valence-corrected chi connectivity index (χ1v) is 8.12. The summed E-state index contributed by atoms with van der Waals surface area (Å²) in [5.74, 6) is 1.24. The second-order valence-electron chi connectivity index (χ2n) is 6.13. The first-order chi connectivity index (χ1) is 11.8. The van der Waals surface area contributed by atoms with Crippen LogP contribution in [0.15, 0.2) is 36.7 Å². The largest absolute Gasteiger partial charge is 0.497 e. The minimum atomic E-state index is -0.783. The van der Waals surface area contributed by atoms with Crippen LogP contribution in [0.2, 0.25) is 5.02 Å². The summed E-state index contributed by atoms with van der Waals surface area (Å²) in [4.78, 5) is 15.8. The Morgan fingerprint density at radius 3 is 2.64 bits per heavy atom. The third-order valence-corrected chi connectivity index (χ3v) is 4.22. The highest BCUT2D eigenvalue weighted by molar-refractivity contribution is 6.32. The molecule has 0 saturated heterocycles. The molecule has 5 nitrogen and oxygen atoms in total. The minimum absolute atomic E-state index is 0.419. The number of halogens is 1. The van der Waals surface area contributed by atoms with Crippen LogP contribution < -0.4 is 9.47 Å². The second kappa shape index (κ2) is 6.41. The Hall–Kier alpha value is -2.53. The van der Waals surface area contributed by atoms with Crippen LogP contribution in [0.5, 0.6) is 11.5 Å². The van der Waals surface area contributed by atoms with Gasteiger partial charge in [-0.25, -0.2) is 0 Å². The van der Waals surface area contributed by atoms with Gasteiger partial charge >= 0.3 is 5.97 Å². The molecule has 0 saturated carbocycles. The van der Waals surface area contributed by atoms with Crippen molar-refractivity contribution in [1.82, 2.24) is 4.98 Å². The van der Waals surface area contributed by atoms with Gasteiger partial charge in [0, 0.05) is 36.5 Å². The first-order valence-electron chi connectivity index (χ1n) is 7.74. The van der Waals surface area contributed by atoms with E-state index in [1.165, 1.54) is 6.92 Å². The van der Waals surface area contributed by atoms with Gasteiger partial charge in [0.2, 0.25) is 0 Å². The summed E-state index contributed by atoms with van der Waals surface area (Å²) in [6.45, 7) is 5.15. The number of nitrogens with zero attached hydrogens (tertiary/aromatic N) is 1. The second-order valence-corrected chi connectivity index (χ2v) is 6.53. The number of hydrogen-bond donors (Lipinski definition) is 0. The van der Waals surface area contributed by atoms with Crippen molar-refractivity contribution >= 4 is 28.9 Å². The van der Waals surface area contributed by atoms with Gasteiger partial charge < -0.3 is 14.2 Å². The Morgan fingerprint density at radius 1 is 1.24 bits per heavy atom. The molecule has 25 heavy (non-hydrogen) atoms. The van der Waals surface area contributed by atoms with Crippen LogP contribution >= 0.6 is 11.6 Å². The lowest BCUT2D eigenvalue weighted by molar-refractivity contribution is -0.134. The quantitative estimate of drug-likeness (QED) is 0.763. The van der Waals surface area contributed by atoms with Crippen LogP contribution in [0.25, 0.3) is 11.3 Å². The smallest absolute Gasteiger partial charge is 0.308 e. The predicted molar refractivity (Wildman–Crippen MR) is 95.5 cm³/mol. The summed E-state index contributed by atoms with van der Waals surface area (Å²) in [6.07, 6.45) is 3.19. The number of carbonyl (C=O) groups excluding carboxylic acids is 1. The summed E-state index contributed by atoms with van der Waals surface area (Å²) >= 11 is 6.35. The van der Waals surface area contributed by atoms with Crippen molar-refractivity contribution in [3.8, 4) is 11.5 Å². The van der Waals surface area contributed by atoms with E-state index in [0.29, 0.717) is 39.0 Å². The molecule has 0 unspecified atom stereocenters. The fourth-order valence-corrected chi connectivity index (χ4v) is 3.12. The number of benzene rings is 1. The Bertz CT molecular complexity index is 873. The zero-order valence-electron chi connectivity index (χ0n) is 14.4. The highest BCUT2D eigenvalue weighted by Gasteiger charge is 2.38. The van der Waals surface area contributed by atoms with E-state index in [0.717, 1.165) is 0 Å². The third kappa shape index (κ3) is 3.20. The van der Waals surface area contributed by atoms with Gasteiger partial charge in [-0.3, -0.25) is 9.78 Å². The SMILES string of the molecule is COc1ccc2c(c1)OC(C)(C)C(c1ccncc1Cl)=C2OC(C)=O. The van der Waals surface area contributed by atoms with Gasteiger partial charge in [0.05, 0.1) is 17.7 Å². The van der Waals surface area contributed by atoms with Crippen LogP contribution in [0.1, 0.15) is 31.9 Å². The molecule has 6 heteroatoms. The monoisotopic (exact) mass is 359 g/mol. The van der Waals surface area contributed by atoms with Gasteiger partial charge in [-0.15, -0.1) is 0 Å². The molecule has 0 radical (unpaired) electrons. The van der Waals surface area contributed by atoms with Crippen molar-refractivity contribution in [1.29, 1.82) is 0 Å². The Kier molecular flexibility index (Phi) is 4.43. The van der Waals surface area contributed by atoms with Crippen molar-refractivity contribution in [3.05, 3.63) is 52.8 Å². The van der Waals surface area contributed by atoms with Crippen LogP contribution in [0, 0.1) is 0 Å². The van der Waals surface area contributed by atoms with Crippen LogP contribution in [0.4, 0.5) is 0 Å². The molecule has 0 amide bonds. The number of ether oxygens (including phenoxy) is 3. The fourth-order valence-electron chi connectivity index (χ4n) is 2.91. The van der Waals surface area contributed by atoms with Crippen LogP contribution in [0.3, 0.4) is 0 Å². The molecule has 130 valence electrons. The van der Waals surface area contributed by atoms with Gasteiger partial charge in [0.1, 0.15) is 22.9 Å². The molecule has 0 fully saturated rings. The molecule has 0 atom stereocenters. The number of esters is 1. The topological polar surface area (TPSA) is 57.6 Å². The summed E-state index contributed by atoms with van der Waals surface area (Å²) in [5.41, 5.74) is 1.28. The van der Waals surface area contributed by atoms with E-state index in [1.807, 2.05) is 13.8 Å². The van der Waals surface area contributed by atoms with Crippen molar-refractivity contribution < 1.29 is 19.0 Å². The van der Waals surface area contributed by atoms with Crippen LogP contribution in [-0.4, -0.2) is 23.7 Å². The van der Waals surface area contributed by atoms with Crippen molar-refractivity contribution in [2.24, 2.45) is 0 Å². The van der Waals surface area contributed by atoms with Crippen LogP contribution in [-0.2, 0) is 9.53 Å². The number of pyridine rings is 1. The van der Waals surface area contributed by atoms with Crippen molar-refractivity contribution in [3.63, 3.8) is 0 Å². The molecule has 1 aliphatic rings. The van der Waals surface area contributed by atoms with E-state index < -0.39 is 11.6 Å². The average molecular weight is 360 g/mol. The normalized spacial score (nSPS) is 15.2. The lowest BCUT2D eigenvalue weighted by Gasteiger charge is -2.36. The average Bonchev–Trinajstić information content (AvgIpc) is 2.54. The Morgan fingerprint density at radius 2 is 2.00 bits per heavy atom. The van der Waals surface area contributed by atoms with Gasteiger partial charge in [0.15, 0.2) is 0 Å². The van der Waals surface area contributed by atoms with Gasteiger partial charge in [-0.1, -0.05) is 11.6 Å². The molecular formula is C19H18ClNO4. The van der Waals surface area contributed by atoms with Crippen molar-refractivity contribution in [2.75, 3.05) is 7.11 Å². The zero-order chi connectivity index (χ0) is 18.2. The van der Waals surface area contributed by atoms with Gasteiger partial charge in [0.25, 0.3) is 0 Å². The van der Waals surface area contributed by atoms with E-state index in [4.69, 9.17) is 25.8 Å². The standard InChI is InChI=1S/C19H18ClNO4/c1-11(22)24-18-14-6-5-12(23-4)9-16(14)25-19(2,3)17(18)13-7-8-21-10-15(13)20/h5-10H,1-4H3. The molecule has 1 aliphatic heterocycles. The van der Waals surface area contributed by atoms with Crippen molar-refractivity contribution in [2.45, 2.75) is 26.4 Å². The predicted octanol–water partition coefficient (Wildman–Crippen LogP) is 4.35. The molecule has 0 bridgehead atoms. The number of hydrogen-bond acceptors (Lipinski definition) is 5. The molecule has 0 N–H and O–H groups in total. The summed E-state index contributed by atoms with van der Waals surface area (Å²) < 4.78 is 17.0. The number of rotatable bonds is 3. The Balaban J connectivity index is 2.32. The number of methoxy groups -OCH3 is 1. The molecule has 0 aliphatic carbocycles. The zero-order valence-corrected chi connectivity index (χ0v) is 15.2. The summed E-state index contributed by atoms with van der Waals surface area (Å²) in [6, 6.07) is 7.14. The van der Waals surface area contributed by atoms with E-state index in [1.54, 1.807) is 43.8 Å².